The number of thiazole rings is 1. The summed E-state index contributed by atoms with van der Waals surface area (Å²) in [6, 6.07) is 0. The summed E-state index contributed by atoms with van der Waals surface area (Å²) >= 11 is 1.78. The minimum absolute atomic E-state index is 0.862. The summed E-state index contributed by atoms with van der Waals surface area (Å²) in [6.45, 7) is 7.70. The highest BCUT2D eigenvalue weighted by Crippen LogP contribution is 2.29. The Kier molecular flexibility index (Phi) is 3.85. The molecule has 16 heavy (non-hydrogen) atoms. The second-order valence-corrected chi connectivity index (χ2v) is 6.37. The minimum Gasteiger partial charge on any atom is -0.361 e. The lowest BCUT2D eigenvalue weighted by Gasteiger charge is -2.26. The van der Waals surface area contributed by atoms with Crippen molar-refractivity contribution in [1.82, 2.24) is 4.98 Å². The Morgan fingerprint density at radius 1 is 1.25 bits per heavy atom. The molecule has 1 aromatic rings. The van der Waals surface area contributed by atoms with Crippen LogP contribution in [-0.4, -0.2) is 11.5 Å². The topological polar surface area (TPSA) is 24.9 Å². The van der Waals surface area contributed by atoms with Crippen molar-refractivity contribution >= 4 is 16.5 Å². The van der Waals surface area contributed by atoms with Gasteiger partial charge in [0.15, 0.2) is 5.13 Å². The number of aromatic nitrogens is 1. The molecule has 0 unspecified atom stereocenters. The van der Waals surface area contributed by atoms with Crippen LogP contribution in [0.5, 0.6) is 0 Å². The highest BCUT2D eigenvalue weighted by molar-refractivity contribution is 7.15. The number of nitrogens with zero attached hydrogens (tertiary/aromatic N) is 1. The molecule has 1 aliphatic carbocycles. The third-order valence-corrected chi connectivity index (χ3v) is 4.74. The number of anilines is 1. The summed E-state index contributed by atoms with van der Waals surface area (Å²) in [5.74, 6) is 1.81. The van der Waals surface area contributed by atoms with E-state index in [0.717, 1.165) is 23.5 Å². The van der Waals surface area contributed by atoms with E-state index in [2.05, 4.69) is 31.1 Å². The monoisotopic (exact) mass is 238 g/mol. The first-order valence-corrected chi connectivity index (χ1v) is 7.14. The van der Waals surface area contributed by atoms with E-state index in [4.69, 9.17) is 0 Å². The molecule has 0 amide bonds. The van der Waals surface area contributed by atoms with E-state index in [1.165, 1.54) is 36.3 Å². The Labute approximate surface area is 102 Å². The normalized spacial score (nSPS) is 25.7. The van der Waals surface area contributed by atoms with Crippen LogP contribution < -0.4 is 5.32 Å². The van der Waals surface area contributed by atoms with Crippen molar-refractivity contribution < 1.29 is 0 Å². The van der Waals surface area contributed by atoms with E-state index >= 15 is 0 Å². The fraction of sp³-hybridized carbons (Fsp3) is 0.769. The molecule has 0 spiro atoms. The first kappa shape index (κ1) is 11.9. The van der Waals surface area contributed by atoms with Crippen LogP contribution in [0.3, 0.4) is 0 Å². The van der Waals surface area contributed by atoms with Gasteiger partial charge in [0.05, 0.1) is 5.69 Å². The van der Waals surface area contributed by atoms with E-state index in [1.54, 1.807) is 11.3 Å². The van der Waals surface area contributed by atoms with Crippen molar-refractivity contribution in [2.75, 3.05) is 11.9 Å². The summed E-state index contributed by atoms with van der Waals surface area (Å²) in [6.07, 6.45) is 5.58. The summed E-state index contributed by atoms with van der Waals surface area (Å²) in [5, 5.41) is 4.60. The number of nitrogens with one attached hydrogen (secondary N) is 1. The van der Waals surface area contributed by atoms with Crippen LogP contribution in [-0.2, 0) is 0 Å². The molecule has 1 saturated carbocycles. The van der Waals surface area contributed by atoms with E-state index in [-0.39, 0.29) is 0 Å². The van der Waals surface area contributed by atoms with E-state index in [0.29, 0.717) is 0 Å². The van der Waals surface area contributed by atoms with Crippen LogP contribution >= 0.6 is 11.3 Å². The molecule has 1 N–H and O–H groups in total. The maximum absolute atomic E-state index is 4.52. The van der Waals surface area contributed by atoms with E-state index < -0.39 is 0 Å². The molecule has 1 aromatic heterocycles. The largest absolute Gasteiger partial charge is 0.361 e. The molecule has 0 bridgehead atoms. The van der Waals surface area contributed by atoms with Crippen LogP contribution in [0.1, 0.15) is 43.2 Å². The lowest BCUT2D eigenvalue weighted by atomic mass is 9.83. The van der Waals surface area contributed by atoms with E-state index in [1.807, 2.05) is 0 Å². The minimum atomic E-state index is 0.862. The van der Waals surface area contributed by atoms with Gasteiger partial charge in [-0.3, -0.25) is 0 Å². The molecular formula is C13H22N2S. The molecule has 0 aliphatic heterocycles. The van der Waals surface area contributed by atoms with Crippen molar-refractivity contribution in [2.24, 2.45) is 11.8 Å². The second-order valence-electron chi connectivity index (χ2n) is 5.17. The summed E-state index contributed by atoms with van der Waals surface area (Å²) in [4.78, 5) is 5.85. The second kappa shape index (κ2) is 5.17. The van der Waals surface area contributed by atoms with Gasteiger partial charge in [-0.1, -0.05) is 19.8 Å². The zero-order chi connectivity index (χ0) is 11.5. The molecule has 0 radical (unpaired) electrons. The molecule has 0 aromatic carbocycles. The molecule has 90 valence electrons. The SMILES string of the molecule is Cc1nc(NC[C@H]2CC[C@H](C)CC2)sc1C. The standard InChI is InChI=1S/C13H22N2S/c1-9-4-6-12(7-5-9)8-14-13-15-10(2)11(3)16-13/h9,12H,4-8H2,1-3H3,(H,14,15)/t9-,12-. The van der Waals surface area contributed by atoms with Crippen LogP contribution in [0.4, 0.5) is 5.13 Å². The van der Waals surface area contributed by atoms with Crippen LogP contribution in [0.25, 0.3) is 0 Å². The molecular weight excluding hydrogens is 216 g/mol. The van der Waals surface area contributed by atoms with Crippen LogP contribution in [0.2, 0.25) is 0 Å². The molecule has 1 fully saturated rings. The number of aryl methyl sites for hydroxylation is 2. The van der Waals surface area contributed by atoms with Crippen molar-refractivity contribution in [3.8, 4) is 0 Å². The third-order valence-electron chi connectivity index (χ3n) is 3.71. The van der Waals surface area contributed by atoms with Gasteiger partial charge >= 0.3 is 0 Å². The molecule has 3 heteroatoms. The number of hydrogen-bond donors (Lipinski definition) is 1. The highest BCUT2D eigenvalue weighted by atomic mass is 32.1. The van der Waals surface area contributed by atoms with Gasteiger partial charge in [-0.25, -0.2) is 4.98 Å². The van der Waals surface area contributed by atoms with E-state index in [9.17, 15) is 0 Å². The summed E-state index contributed by atoms with van der Waals surface area (Å²) < 4.78 is 0. The van der Waals surface area contributed by atoms with Crippen molar-refractivity contribution in [3.63, 3.8) is 0 Å². The van der Waals surface area contributed by atoms with Gasteiger partial charge in [0.2, 0.25) is 0 Å². The highest BCUT2D eigenvalue weighted by Gasteiger charge is 2.18. The van der Waals surface area contributed by atoms with Crippen molar-refractivity contribution in [1.29, 1.82) is 0 Å². The number of rotatable bonds is 3. The quantitative estimate of drug-likeness (QED) is 0.861. The Morgan fingerprint density at radius 2 is 1.94 bits per heavy atom. The van der Waals surface area contributed by atoms with Crippen LogP contribution in [0.15, 0.2) is 0 Å². The summed E-state index contributed by atoms with van der Waals surface area (Å²) in [7, 11) is 0. The first-order chi connectivity index (χ1) is 7.65. The van der Waals surface area contributed by atoms with Gasteiger partial charge in [0, 0.05) is 11.4 Å². The smallest absolute Gasteiger partial charge is 0.183 e. The Hall–Kier alpha value is -0.570. The first-order valence-electron chi connectivity index (χ1n) is 6.33. The van der Waals surface area contributed by atoms with Gasteiger partial charge in [-0.2, -0.15) is 0 Å². The van der Waals surface area contributed by atoms with Gasteiger partial charge in [0.25, 0.3) is 0 Å². The predicted octanol–water partition coefficient (Wildman–Crippen LogP) is 4.00. The average molecular weight is 238 g/mol. The maximum Gasteiger partial charge on any atom is 0.183 e. The Balaban J connectivity index is 1.79. The molecule has 0 saturated heterocycles. The van der Waals surface area contributed by atoms with Gasteiger partial charge < -0.3 is 5.32 Å². The molecule has 1 heterocycles. The Morgan fingerprint density at radius 3 is 2.50 bits per heavy atom. The molecule has 0 atom stereocenters. The molecule has 2 rings (SSSR count). The maximum atomic E-state index is 4.52. The zero-order valence-electron chi connectivity index (χ0n) is 10.5. The van der Waals surface area contributed by atoms with Crippen molar-refractivity contribution in [3.05, 3.63) is 10.6 Å². The fourth-order valence-electron chi connectivity index (χ4n) is 2.31. The molecule has 2 nitrogen and oxygen atoms in total. The Bertz CT molecular complexity index is 318. The fourth-order valence-corrected chi connectivity index (χ4v) is 3.13. The van der Waals surface area contributed by atoms with Crippen molar-refractivity contribution in [2.45, 2.75) is 46.5 Å². The van der Waals surface area contributed by atoms with Gasteiger partial charge in [-0.05, 0) is 38.5 Å². The summed E-state index contributed by atoms with van der Waals surface area (Å²) in [5.41, 5.74) is 1.17. The van der Waals surface area contributed by atoms with Gasteiger partial charge in [-0.15, -0.1) is 11.3 Å². The predicted molar refractivity (Wildman–Crippen MR) is 71.2 cm³/mol. The molecule has 1 aliphatic rings. The lowest BCUT2D eigenvalue weighted by Crippen LogP contribution is -2.20. The third kappa shape index (κ3) is 2.97. The zero-order valence-corrected chi connectivity index (χ0v) is 11.4. The lowest BCUT2D eigenvalue weighted by molar-refractivity contribution is 0.300. The van der Waals surface area contributed by atoms with Crippen LogP contribution in [0, 0.1) is 25.7 Å². The van der Waals surface area contributed by atoms with Gasteiger partial charge in [0.1, 0.15) is 0 Å². The number of hydrogen-bond acceptors (Lipinski definition) is 3. The average Bonchev–Trinajstić information content (AvgIpc) is 2.58.